The van der Waals surface area contributed by atoms with Crippen LogP contribution in [-0.2, 0) is 25.6 Å². The third kappa shape index (κ3) is 8.24. The number of phenols is 1. The first-order valence-electron chi connectivity index (χ1n) is 12.2. The van der Waals surface area contributed by atoms with Crippen molar-refractivity contribution in [3.05, 3.63) is 29.8 Å². The van der Waals surface area contributed by atoms with E-state index in [4.69, 9.17) is 0 Å². The van der Waals surface area contributed by atoms with Crippen LogP contribution >= 0.6 is 0 Å². The lowest BCUT2D eigenvalue weighted by Gasteiger charge is -2.29. The second kappa shape index (κ2) is 13.1. The monoisotopic (exact) mass is 490 g/mol. The summed E-state index contributed by atoms with van der Waals surface area (Å²) in [5.41, 5.74) is 0.628. The predicted molar refractivity (Wildman–Crippen MR) is 131 cm³/mol. The molecular formula is C25H38N4O6. The number of aromatic hydroxyl groups is 1. The van der Waals surface area contributed by atoms with Crippen molar-refractivity contribution in [1.82, 2.24) is 21.3 Å². The third-order valence-electron chi connectivity index (χ3n) is 6.41. The summed E-state index contributed by atoms with van der Waals surface area (Å²) in [5, 5.41) is 30.3. The fourth-order valence-corrected chi connectivity index (χ4v) is 3.97. The molecule has 0 spiro atoms. The first-order chi connectivity index (χ1) is 16.5. The molecule has 194 valence electrons. The van der Waals surface area contributed by atoms with E-state index in [1.165, 1.54) is 12.1 Å². The maximum Gasteiger partial charge on any atom is 0.326 e. The van der Waals surface area contributed by atoms with E-state index in [9.17, 15) is 29.4 Å². The number of amides is 3. The summed E-state index contributed by atoms with van der Waals surface area (Å²) >= 11 is 0. The second-order valence-corrected chi connectivity index (χ2v) is 9.52. The molecule has 10 nitrogen and oxygen atoms in total. The van der Waals surface area contributed by atoms with Gasteiger partial charge in [-0.15, -0.1) is 0 Å². The Labute approximate surface area is 206 Å². The van der Waals surface area contributed by atoms with Gasteiger partial charge in [0.15, 0.2) is 0 Å². The van der Waals surface area contributed by atoms with Crippen molar-refractivity contribution < 1.29 is 29.4 Å². The van der Waals surface area contributed by atoms with Crippen LogP contribution in [0.2, 0.25) is 0 Å². The molecule has 1 aliphatic rings. The number of hydrogen-bond donors (Lipinski definition) is 6. The number of benzene rings is 1. The third-order valence-corrected chi connectivity index (χ3v) is 6.41. The van der Waals surface area contributed by atoms with Crippen LogP contribution < -0.4 is 21.3 Å². The van der Waals surface area contributed by atoms with Crippen molar-refractivity contribution in [3.8, 4) is 5.75 Å². The summed E-state index contributed by atoms with van der Waals surface area (Å²) in [6.07, 6.45) is 2.18. The molecular weight excluding hydrogens is 452 g/mol. The van der Waals surface area contributed by atoms with Gasteiger partial charge in [-0.2, -0.15) is 0 Å². The topological polar surface area (TPSA) is 157 Å². The lowest BCUT2D eigenvalue weighted by molar-refractivity contribution is -0.142. The van der Waals surface area contributed by atoms with Crippen LogP contribution in [0.3, 0.4) is 0 Å². The van der Waals surface area contributed by atoms with Crippen LogP contribution in [0.5, 0.6) is 5.75 Å². The molecule has 0 bridgehead atoms. The van der Waals surface area contributed by atoms with Crippen LogP contribution in [0.15, 0.2) is 24.3 Å². The maximum absolute atomic E-state index is 13.1. The van der Waals surface area contributed by atoms with E-state index in [-0.39, 0.29) is 36.0 Å². The van der Waals surface area contributed by atoms with Crippen molar-refractivity contribution in [2.75, 3.05) is 6.54 Å². The van der Waals surface area contributed by atoms with Crippen LogP contribution in [0.4, 0.5) is 0 Å². The van der Waals surface area contributed by atoms with Gasteiger partial charge < -0.3 is 31.5 Å². The summed E-state index contributed by atoms with van der Waals surface area (Å²) in [6.45, 7) is 8.04. The highest BCUT2D eigenvalue weighted by atomic mass is 16.4. The number of nitrogens with one attached hydrogen (secondary N) is 4. The Kier molecular flexibility index (Phi) is 10.5. The molecule has 0 aromatic heterocycles. The summed E-state index contributed by atoms with van der Waals surface area (Å²) in [4.78, 5) is 50.7. The molecule has 1 fully saturated rings. The zero-order valence-corrected chi connectivity index (χ0v) is 20.8. The second-order valence-electron chi connectivity index (χ2n) is 9.52. The highest BCUT2D eigenvalue weighted by Crippen LogP contribution is 2.14. The SMILES string of the molecule is CCC(C)C(NC(=O)C(NC(=O)C1CCCN1)C(C)C)C(=O)NC(Cc1ccc(O)cc1)C(=O)O. The largest absolute Gasteiger partial charge is 0.508 e. The van der Waals surface area contributed by atoms with Gasteiger partial charge in [0.2, 0.25) is 17.7 Å². The van der Waals surface area contributed by atoms with Gasteiger partial charge in [-0.1, -0.05) is 46.2 Å². The van der Waals surface area contributed by atoms with Gasteiger partial charge in [0, 0.05) is 6.42 Å². The molecule has 0 saturated carbocycles. The molecule has 0 aliphatic carbocycles. The van der Waals surface area contributed by atoms with Crippen LogP contribution in [0.1, 0.15) is 52.5 Å². The van der Waals surface area contributed by atoms with Gasteiger partial charge in [-0.3, -0.25) is 14.4 Å². The minimum absolute atomic E-state index is 0.0155. The molecule has 6 N–H and O–H groups in total. The first-order valence-corrected chi connectivity index (χ1v) is 12.2. The number of carbonyl (C=O) groups excluding carboxylic acids is 3. The fraction of sp³-hybridized carbons (Fsp3) is 0.600. The Morgan fingerprint density at radius 1 is 1.00 bits per heavy atom. The molecule has 3 amide bonds. The van der Waals surface area contributed by atoms with Gasteiger partial charge in [-0.25, -0.2) is 4.79 Å². The van der Waals surface area contributed by atoms with Crippen molar-refractivity contribution in [2.24, 2.45) is 11.8 Å². The van der Waals surface area contributed by atoms with E-state index < -0.39 is 35.9 Å². The number of rotatable bonds is 12. The maximum atomic E-state index is 13.1. The molecule has 1 aromatic rings. The number of carboxylic acid groups (broad SMARTS) is 1. The first kappa shape index (κ1) is 28.1. The Morgan fingerprint density at radius 3 is 2.14 bits per heavy atom. The van der Waals surface area contributed by atoms with Crippen molar-refractivity contribution in [3.63, 3.8) is 0 Å². The van der Waals surface area contributed by atoms with Crippen LogP contribution in [0, 0.1) is 11.8 Å². The van der Waals surface area contributed by atoms with Gasteiger partial charge in [-0.05, 0) is 48.9 Å². The number of carbonyl (C=O) groups is 4. The van der Waals surface area contributed by atoms with Crippen molar-refractivity contribution >= 4 is 23.7 Å². The smallest absolute Gasteiger partial charge is 0.326 e. The molecule has 1 heterocycles. The van der Waals surface area contributed by atoms with E-state index in [0.717, 1.165) is 13.0 Å². The predicted octanol–water partition coefficient (Wildman–Crippen LogP) is 0.928. The average Bonchev–Trinajstić information content (AvgIpc) is 3.36. The zero-order valence-electron chi connectivity index (χ0n) is 20.8. The number of aliphatic carboxylic acids is 1. The van der Waals surface area contributed by atoms with E-state index in [1.54, 1.807) is 19.1 Å². The molecule has 5 atom stereocenters. The summed E-state index contributed by atoms with van der Waals surface area (Å²) in [6, 6.07) is 2.69. The molecule has 1 saturated heterocycles. The highest BCUT2D eigenvalue weighted by Gasteiger charge is 2.34. The quantitative estimate of drug-likeness (QED) is 0.254. The van der Waals surface area contributed by atoms with Crippen LogP contribution in [-0.4, -0.2) is 64.6 Å². The van der Waals surface area contributed by atoms with Gasteiger partial charge in [0.05, 0.1) is 6.04 Å². The molecule has 10 heteroatoms. The fourth-order valence-electron chi connectivity index (χ4n) is 3.97. The Bertz CT molecular complexity index is 882. The molecule has 1 aromatic carbocycles. The highest BCUT2D eigenvalue weighted by molar-refractivity contribution is 5.94. The van der Waals surface area contributed by atoms with Crippen molar-refractivity contribution in [2.45, 2.75) is 77.5 Å². The Balaban J connectivity index is 2.11. The summed E-state index contributed by atoms with van der Waals surface area (Å²) < 4.78 is 0. The van der Waals surface area contributed by atoms with Gasteiger partial charge >= 0.3 is 5.97 Å². The lowest BCUT2D eigenvalue weighted by Crippen LogP contribution is -2.59. The van der Waals surface area contributed by atoms with Gasteiger partial charge in [0.1, 0.15) is 23.9 Å². The number of hydrogen-bond acceptors (Lipinski definition) is 6. The summed E-state index contributed by atoms with van der Waals surface area (Å²) in [7, 11) is 0. The van der Waals surface area contributed by atoms with E-state index in [2.05, 4.69) is 21.3 Å². The van der Waals surface area contributed by atoms with Crippen LogP contribution in [0.25, 0.3) is 0 Å². The van der Waals surface area contributed by atoms with Gasteiger partial charge in [0.25, 0.3) is 0 Å². The van der Waals surface area contributed by atoms with E-state index in [1.807, 2.05) is 20.8 Å². The normalized spacial score (nSPS) is 18.8. The van der Waals surface area contributed by atoms with E-state index >= 15 is 0 Å². The standard InChI is InChI=1S/C25H38N4O6/c1-5-15(4)21(24(33)27-19(25(34)35)13-16-8-10-17(30)11-9-16)29-23(32)20(14(2)3)28-22(31)18-7-6-12-26-18/h8-11,14-15,18-21,26,30H,5-7,12-13H2,1-4H3,(H,27,33)(H,28,31)(H,29,32)(H,34,35). The zero-order chi connectivity index (χ0) is 26.1. The molecule has 35 heavy (non-hydrogen) atoms. The minimum Gasteiger partial charge on any atom is -0.508 e. The molecule has 0 radical (unpaired) electrons. The molecule has 2 rings (SSSR count). The number of phenolic OH excluding ortho intramolecular Hbond substituents is 1. The Morgan fingerprint density at radius 2 is 1.63 bits per heavy atom. The summed E-state index contributed by atoms with van der Waals surface area (Å²) in [5.74, 6) is -3.00. The minimum atomic E-state index is -1.22. The number of carboxylic acids is 1. The lowest BCUT2D eigenvalue weighted by atomic mass is 9.95. The van der Waals surface area contributed by atoms with E-state index in [0.29, 0.717) is 18.4 Å². The van der Waals surface area contributed by atoms with Crippen molar-refractivity contribution in [1.29, 1.82) is 0 Å². The Hall–Kier alpha value is -3.14. The molecule has 1 aliphatic heterocycles. The average molecular weight is 491 g/mol. The molecule has 5 unspecified atom stereocenters.